The van der Waals surface area contributed by atoms with Gasteiger partial charge in [0.1, 0.15) is 5.82 Å². The number of imidazole rings is 1. The minimum atomic E-state index is -0.0330. The number of amides is 1. The number of hydrogen-bond donors (Lipinski definition) is 3. The SMILES string of the molecule is O=C(NCc1nc2ccccc2[nH]1)C1CCCN1. The summed E-state index contributed by atoms with van der Waals surface area (Å²) < 4.78 is 0. The van der Waals surface area contributed by atoms with Crippen LogP contribution in [0.4, 0.5) is 0 Å². The highest BCUT2D eigenvalue weighted by Crippen LogP contribution is 2.10. The Labute approximate surface area is 105 Å². The summed E-state index contributed by atoms with van der Waals surface area (Å²) in [6.07, 6.45) is 1.99. The molecule has 1 aliphatic heterocycles. The maximum Gasteiger partial charge on any atom is 0.237 e. The van der Waals surface area contributed by atoms with Crippen molar-refractivity contribution in [2.45, 2.75) is 25.4 Å². The van der Waals surface area contributed by atoms with Crippen molar-refractivity contribution in [1.82, 2.24) is 20.6 Å². The minimum Gasteiger partial charge on any atom is -0.348 e. The van der Waals surface area contributed by atoms with E-state index in [9.17, 15) is 4.79 Å². The number of carbonyl (C=O) groups excluding carboxylic acids is 1. The highest BCUT2D eigenvalue weighted by Gasteiger charge is 2.21. The van der Waals surface area contributed by atoms with Gasteiger partial charge in [0, 0.05) is 0 Å². The van der Waals surface area contributed by atoms with Crippen LogP contribution in [0.2, 0.25) is 0 Å². The Balaban J connectivity index is 1.63. The summed E-state index contributed by atoms with van der Waals surface area (Å²) in [4.78, 5) is 19.4. The van der Waals surface area contributed by atoms with Crippen LogP contribution in [0.1, 0.15) is 18.7 Å². The number of para-hydroxylation sites is 2. The number of nitrogens with one attached hydrogen (secondary N) is 3. The lowest BCUT2D eigenvalue weighted by Crippen LogP contribution is -2.40. The van der Waals surface area contributed by atoms with E-state index in [1.807, 2.05) is 24.3 Å². The van der Waals surface area contributed by atoms with Gasteiger partial charge in [0.15, 0.2) is 0 Å². The van der Waals surface area contributed by atoms with Crippen molar-refractivity contribution in [3.8, 4) is 0 Å². The molecule has 5 nitrogen and oxygen atoms in total. The molecule has 1 aromatic carbocycles. The third kappa shape index (κ3) is 2.22. The third-order valence-electron chi connectivity index (χ3n) is 3.25. The number of nitrogens with zero attached hydrogens (tertiary/aromatic N) is 1. The molecule has 0 spiro atoms. The molecular weight excluding hydrogens is 228 g/mol. The van der Waals surface area contributed by atoms with Crippen molar-refractivity contribution in [3.63, 3.8) is 0 Å². The molecule has 1 atom stereocenters. The zero-order chi connectivity index (χ0) is 12.4. The molecule has 0 aliphatic carbocycles. The lowest BCUT2D eigenvalue weighted by Gasteiger charge is -2.09. The molecule has 1 aliphatic rings. The standard InChI is InChI=1S/C13H16N4O/c18-13(11-6-3-7-14-11)15-8-12-16-9-4-1-2-5-10(9)17-12/h1-2,4-5,11,14H,3,6-8H2,(H,15,18)(H,16,17). The molecule has 1 fully saturated rings. The molecule has 5 heteroatoms. The van der Waals surface area contributed by atoms with E-state index in [1.165, 1.54) is 0 Å². The Morgan fingerprint density at radius 3 is 3.11 bits per heavy atom. The van der Waals surface area contributed by atoms with Gasteiger partial charge in [-0.15, -0.1) is 0 Å². The fraction of sp³-hybridized carbons (Fsp3) is 0.385. The first kappa shape index (κ1) is 11.2. The van der Waals surface area contributed by atoms with Crippen molar-refractivity contribution in [2.24, 2.45) is 0 Å². The lowest BCUT2D eigenvalue weighted by atomic mass is 10.2. The summed E-state index contributed by atoms with van der Waals surface area (Å²) in [7, 11) is 0. The number of benzene rings is 1. The second-order valence-electron chi connectivity index (χ2n) is 4.57. The lowest BCUT2D eigenvalue weighted by molar-refractivity contribution is -0.122. The van der Waals surface area contributed by atoms with Gasteiger partial charge in [0.05, 0.1) is 23.6 Å². The molecule has 1 aromatic heterocycles. The Bertz CT molecular complexity index is 524. The van der Waals surface area contributed by atoms with Gasteiger partial charge in [-0.25, -0.2) is 4.98 Å². The molecule has 2 heterocycles. The van der Waals surface area contributed by atoms with Crippen molar-refractivity contribution in [1.29, 1.82) is 0 Å². The predicted molar refractivity (Wildman–Crippen MR) is 69.0 cm³/mol. The van der Waals surface area contributed by atoms with Crippen LogP contribution in [-0.2, 0) is 11.3 Å². The van der Waals surface area contributed by atoms with Gasteiger partial charge in [0.25, 0.3) is 0 Å². The molecule has 3 N–H and O–H groups in total. The molecule has 0 saturated carbocycles. The van der Waals surface area contributed by atoms with E-state index in [1.54, 1.807) is 0 Å². The van der Waals surface area contributed by atoms with Gasteiger partial charge in [0.2, 0.25) is 5.91 Å². The van der Waals surface area contributed by atoms with Crippen LogP contribution in [0, 0.1) is 0 Å². The number of H-pyrrole nitrogens is 1. The average Bonchev–Trinajstić information content (AvgIpc) is 3.04. The summed E-state index contributed by atoms with van der Waals surface area (Å²) in [5, 5.41) is 6.08. The van der Waals surface area contributed by atoms with Gasteiger partial charge in [-0.3, -0.25) is 4.79 Å². The van der Waals surface area contributed by atoms with Crippen LogP contribution >= 0.6 is 0 Å². The second kappa shape index (κ2) is 4.78. The highest BCUT2D eigenvalue weighted by molar-refractivity contribution is 5.82. The van der Waals surface area contributed by atoms with Crippen LogP contribution in [-0.4, -0.2) is 28.5 Å². The zero-order valence-electron chi connectivity index (χ0n) is 10.1. The van der Waals surface area contributed by atoms with E-state index in [4.69, 9.17) is 0 Å². The third-order valence-corrected chi connectivity index (χ3v) is 3.25. The number of carbonyl (C=O) groups is 1. The molecule has 3 rings (SSSR count). The fourth-order valence-electron chi connectivity index (χ4n) is 2.29. The van der Waals surface area contributed by atoms with Gasteiger partial charge in [-0.05, 0) is 31.5 Å². The van der Waals surface area contributed by atoms with Crippen LogP contribution in [0.15, 0.2) is 24.3 Å². The first-order valence-corrected chi connectivity index (χ1v) is 6.27. The van der Waals surface area contributed by atoms with Crippen molar-refractivity contribution < 1.29 is 4.79 Å². The molecule has 1 saturated heterocycles. The number of rotatable bonds is 3. The van der Waals surface area contributed by atoms with E-state index >= 15 is 0 Å². The summed E-state index contributed by atoms with van der Waals surface area (Å²) in [5.41, 5.74) is 1.93. The normalized spacial score (nSPS) is 19.2. The fourth-order valence-corrected chi connectivity index (χ4v) is 2.29. The van der Waals surface area contributed by atoms with Crippen LogP contribution in [0.5, 0.6) is 0 Å². The smallest absolute Gasteiger partial charge is 0.237 e. The van der Waals surface area contributed by atoms with E-state index in [0.29, 0.717) is 6.54 Å². The Hall–Kier alpha value is -1.88. The summed E-state index contributed by atoms with van der Waals surface area (Å²) in [6, 6.07) is 7.82. The quantitative estimate of drug-likeness (QED) is 0.752. The predicted octanol–water partition coefficient (Wildman–Crippen LogP) is 0.931. The van der Waals surface area contributed by atoms with Crippen molar-refractivity contribution in [2.75, 3.05) is 6.54 Å². The Morgan fingerprint density at radius 1 is 1.44 bits per heavy atom. The molecule has 18 heavy (non-hydrogen) atoms. The minimum absolute atomic E-state index is 0.0330. The van der Waals surface area contributed by atoms with E-state index in [2.05, 4.69) is 20.6 Å². The summed E-state index contributed by atoms with van der Waals surface area (Å²) in [6.45, 7) is 1.38. The largest absolute Gasteiger partial charge is 0.348 e. The van der Waals surface area contributed by atoms with Gasteiger partial charge in [-0.1, -0.05) is 12.1 Å². The maximum absolute atomic E-state index is 11.8. The second-order valence-corrected chi connectivity index (χ2v) is 4.57. The van der Waals surface area contributed by atoms with Crippen LogP contribution in [0.3, 0.4) is 0 Å². The number of aromatic amines is 1. The van der Waals surface area contributed by atoms with E-state index in [0.717, 1.165) is 36.2 Å². The number of aromatic nitrogens is 2. The first-order chi connectivity index (χ1) is 8.83. The molecule has 94 valence electrons. The number of fused-ring (bicyclic) bond motifs is 1. The Kier molecular flexibility index (Phi) is 2.98. The summed E-state index contributed by atoms with van der Waals surface area (Å²) >= 11 is 0. The molecule has 0 bridgehead atoms. The van der Waals surface area contributed by atoms with Crippen molar-refractivity contribution in [3.05, 3.63) is 30.1 Å². The zero-order valence-corrected chi connectivity index (χ0v) is 10.1. The summed E-state index contributed by atoms with van der Waals surface area (Å²) in [5.74, 6) is 0.857. The molecule has 1 unspecified atom stereocenters. The van der Waals surface area contributed by atoms with Crippen LogP contribution < -0.4 is 10.6 Å². The first-order valence-electron chi connectivity index (χ1n) is 6.27. The van der Waals surface area contributed by atoms with Crippen molar-refractivity contribution >= 4 is 16.9 Å². The van der Waals surface area contributed by atoms with E-state index in [-0.39, 0.29) is 11.9 Å². The molecular formula is C13H16N4O. The Morgan fingerprint density at radius 2 is 2.33 bits per heavy atom. The van der Waals surface area contributed by atoms with E-state index < -0.39 is 0 Å². The molecule has 0 radical (unpaired) electrons. The van der Waals surface area contributed by atoms with Gasteiger partial charge < -0.3 is 15.6 Å². The molecule has 1 amide bonds. The maximum atomic E-state index is 11.8. The molecule has 2 aromatic rings. The topological polar surface area (TPSA) is 69.8 Å². The highest BCUT2D eigenvalue weighted by atomic mass is 16.2. The number of hydrogen-bond acceptors (Lipinski definition) is 3. The van der Waals surface area contributed by atoms with Gasteiger partial charge >= 0.3 is 0 Å². The van der Waals surface area contributed by atoms with Crippen LogP contribution in [0.25, 0.3) is 11.0 Å². The monoisotopic (exact) mass is 244 g/mol. The van der Waals surface area contributed by atoms with Gasteiger partial charge in [-0.2, -0.15) is 0 Å². The average molecular weight is 244 g/mol.